The van der Waals surface area contributed by atoms with E-state index in [0.29, 0.717) is 0 Å². The number of fused-ring (bicyclic) bond motifs is 9. The Kier molecular flexibility index (Phi) is 6.25. The lowest BCUT2D eigenvalue weighted by atomic mass is 9.91. The van der Waals surface area contributed by atoms with Crippen LogP contribution in [0.25, 0.3) is 98.8 Å². The molecule has 9 aromatic carbocycles. The van der Waals surface area contributed by atoms with Crippen molar-refractivity contribution >= 4 is 54.3 Å². The van der Waals surface area contributed by atoms with Crippen molar-refractivity contribution in [3.63, 3.8) is 0 Å². The Bertz CT molecular complexity index is 2840. The lowest BCUT2D eigenvalue weighted by Crippen LogP contribution is -1.86. The summed E-state index contributed by atoms with van der Waals surface area (Å²) in [5.41, 5.74) is 11.3. The predicted octanol–water partition coefficient (Wildman–Crippen LogP) is 13.7. The first kappa shape index (κ1) is 27.7. The number of para-hydroxylation sites is 2. The van der Waals surface area contributed by atoms with E-state index in [-0.39, 0.29) is 0 Å². The van der Waals surface area contributed by atoms with Crippen LogP contribution in [0.2, 0.25) is 0 Å². The lowest BCUT2D eigenvalue weighted by molar-refractivity contribution is 0.670. The van der Waals surface area contributed by atoms with Gasteiger partial charge < -0.3 is 4.42 Å². The normalized spacial score (nSPS) is 11.7. The van der Waals surface area contributed by atoms with Crippen LogP contribution in [0.5, 0.6) is 0 Å². The highest BCUT2D eigenvalue weighted by Crippen LogP contribution is 2.39. The van der Waals surface area contributed by atoms with Gasteiger partial charge in [0.05, 0.1) is 0 Å². The van der Waals surface area contributed by atoms with Gasteiger partial charge in [0.15, 0.2) is 0 Å². The second kappa shape index (κ2) is 11.1. The highest BCUT2D eigenvalue weighted by molar-refractivity contribution is 6.25. The van der Waals surface area contributed by atoms with Crippen molar-refractivity contribution in [3.05, 3.63) is 182 Å². The summed E-state index contributed by atoms with van der Waals surface area (Å²) in [6.45, 7) is 0. The molecule has 0 amide bonds. The Morgan fingerprint density at radius 2 is 0.673 bits per heavy atom. The molecule has 0 aliphatic heterocycles. The van der Waals surface area contributed by atoms with Gasteiger partial charge in [-0.15, -0.1) is 0 Å². The standard InChI is InChI=1S/C48H30O/c1-2-16-41-39(14-1)40-15-3-4-17-42(40)46-30-36(26-27-43(41)46)35-12-7-10-33(28-35)31-22-24-32(25-23-31)34-11-8-13-37(29-34)38-19-9-20-45-44-18-5-6-21-47(44)49-48(38)45/h1-30H. The van der Waals surface area contributed by atoms with E-state index in [1.165, 1.54) is 65.7 Å². The van der Waals surface area contributed by atoms with Gasteiger partial charge in [-0.1, -0.05) is 158 Å². The molecule has 0 saturated heterocycles. The monoisotopic (exact) mass is 622 g/mol. The van der Waals surface area contributed by atoms with Crippen molar-refractivity contribution in [3.8, 4) is 44.5 Å². The van der Waals surface area contributed by atoms with E-state index in [0.717, 1.165) is 33.1 Å². The second-order valence-corrected chi connectivity index (χ2v) is 12.9. The van der Waals surface area contributed by atoms with Crippen LogP contribution in [0.1, 0.15) is 0 Å². The SMILES string of the molecule is c1cc(-c2ccc(-c3cccc(-c4cccc5c4oc4ccccc45)c3)cc2)cc(-c2ccc3c4ccccc4c4ccccc4c3c2)c1. The number of hydrogen-bond donors (Lipinski definition) is 0. The molecule has 1 heterocycles. The zero-order valence-electron chi connectivity index (χ0n) is 26.7. The molecule has 0 bridgehead atoms. The van der Waals surface area contributed by atoms with E-state index in [1.54, 1.807) is 0 Å². The maximum absolute atomic E-state index is 6.35. The Hall–Kier alpha value is -6.44. The van der Waals surface area contributed by atoms with Crippen molar-refractivity contribution in [1.29, 1.82) is 0 Å². The quantitative estimate of drug-likeness (QED) is 0.178. The minimum absolute atomic E-state index is 0.920. The summed E-state index contributed by atoms with van der Waals surface area (Å²) in [5.74, 6) is 0. The van der Waals surface area contributed by atoms with Crippen LogP contribution in [0.3, 0.4) is 0 Å². The minimum Gasteiger partial charge on any atom is -0.455 e. The van der Waals surface area contributed by atoms with E-state index in [9.17, 15) is 0 Å². The summed E-state index contributed by atoms with van der Waals surface area (Å²) in [6.07, 6.45) is 0. The fourth-order valence-corrected chi connectivity index (χ4v) is 7.66. The molecule has 1 nitrogen and oxygen atoms in total. The van der Waals surface area contributed by atoms with Crippen LogP contribution in [0.4, 0.5) is 0 Å². The maximum Gasteiger partial charge on any atom is 0.143 e. The largest absolute Gasteiger partial charge is 0.455 e. The van der Waals surface area contributed by atoms with Crippen molar-refractivity contribution in [2.75, 3.05) is 0 Å². The number of benzene rings is 9. The molecule has 0 atom stereocenters. The molecular formula is C48H30O. The molecule has 1 heteroatoms. The fourth-order valence-electron chi connectivity index (χ4n) is 7.66. The number of furan rings is 1. The van der Waals surface area contributed by atoms with Gasteiger partial charge in [-0.25, -0.2) is 0 Å². The molecule has 49 heavy (non-hydrogen) atoms. The molecule has 0 aliphatic carbocycles. The van der Waals surface area contributed by atoms with Gasteiger partial charge in [-0.2, -0.15) is 0 Å². The van der Waals surface area contributed by atoms with Crippen LogP contribution >= 0.6 is 0 Å². The Morgan fingerprint density at radius 1 is 0.245 bits per heavy atom. The summed E-state index contributed by atoms with van der Waals surface area (Å²) in [7, 11) is 0. The first-order chi connectivity index (χ1) is 24.3. The van der Waals surface area contributed by atoms with Gasteiger partial charge in [0.25, 0.3) is 0 Å². The average molecular weight is 623 g/mol. The van der Waals surface area contributed by atoms with Gasteiger partial charge in [0.1, 0.15) is 11.2 Å². The summed E-state index contributed by atoms with van der Waals surface area (Å²) >= 11 is 0. The van der Waals surface area contributed by atoms with E-state index < -0.39 is 0 Å². The van der Waals surface area contributed by atoms with Gasteiger partial charge in [-0.3, -0.25) is 0 Å². The summed E-state index contributed by atoms with van der Waals surface area (Å²) in [5, 5.41) is 10.1. The van der Waals surface area contributed by atoms with Gasteiger partial charge in [0, 0.05) is 16.3 Å². The molecular weight excluding hydrogens is 593 g/mol. The van der Waals surface area contributed by atoms with Crippen LogP contribution in [0.15, 0.2) is 186 Å². The molecule has 0 spiro atoms. The molecule has 0 saturated carbocycles. The first-order valence-corrected chi connectivity index (χ1v) is 16.8. The van der Waals surface area contributed by atoms with Gasteiger partial charge >= 0.3 is 0 Å². The molecule has 0 N–H and O–H groups in total. The zero-order chi connectivity index (χ0) is 32.3. The highest BCUT2D eigenvalue weighted by atomic mass is 16.3. The molecule has 228 valence electrons. The molecule has 10 rings (SSSR count). The third kappa shape index (κ3) is 4.55. The third-order valence-corrected chi connectivity index (χ3v) is 10.1. The van der Waals surface area contributed by atoms with Gasteiger partial charge in [-0.05, 0) is 95.5 Å². The van der Waals surface area contributed by atoms with Crippen LogP contribution in [-0.4, -0.2) is 0 Å². The van der Waals surface area contributed by atoms with Crippen LogP contribution in [-0.2, 0) is 0 Å². The summed E-state index contributed by atoms with van der Waals surface area (Å²) < 4.78 is 6.35. The van der Waals surface area contributed by atoms with E-state index in [4.69, 9.17) is 4.42 Å². The fraction of sp³-hybridized carbons (Fsp3) is 0. The van der Waals surface area contributed by atoms with Crippen molar-refractivity contribution in [2.45, 2.75) is 0 Å². The molecule has 0 aliphatic rings. The van der Waals surface area contributed by atoms with Crippen LogP contribution < -0.4 is 0 Å². The maximum atomic E-state index is 6.35. The topological polar surface area (TPSA) is 13.1 Å². The predicted molar refractivity (Wildman–Crippen MR) is 208 cm³/mol. The molecule has 10 aromatic rings. The molecule has 1 aromatic heterocycles. The molecule has 0 fully saturated rings. The second-order valence-electron chi connectivity index (χ2n) is 12.9. The number of rotatable bonds is 4. The van der Waals surface area contributed by atoms with Crippen molar-refractivity contribution in [1.82, 2.24) is 0 Å². The summed E-state index contributed by atoms with van der Waals surface area (Å²) in [4.78, 5) is 0. The zero-order valence-corrected chi connectivity index (χ0v) is 26.7. The molecule has 0 unspecified atom stereocenters. The van der Waals surface area contributed by atoms with E-state index in [1.807, 2.05) is 12.1 Å². The molecule has 0 radical (unpaired) electrons. The van der Waals surface area contributed by atoms with Crippen molar-refractivity contribution < 1.29 is 4.42 Å². The van der Waals surface area contributed by atoms with E-state index in [2.05, 4.69) is 170 Å². The van der Waals surface area contributed by atoms with E-state index >= 15 is 0 Å². The van der Waals surface area contributed by atoms with Crippen LogP contribution in [0, 0.1) is 0 Å². The first-order valence-electron chi connectivity index (χ1n) is 16.8. The average Bonchev–Trinajstić information content (AvgIpc) is 3.57. The van der Waals surface area contributed by atoms with Crippen molar-refractivity contribution in [2.24, 2.45) is 0 Å². The van der Waals surface area contributed by atoms with Gasteiger partial charge in [0.2, 0.25) is 0 Å². The third-order valence-electron chi connectivity index (χ3n) is 10.1. The number of hydrogen-bond acceptors (Lipinski definition) is 1. The minimum atomic E-state index is 0.920. The highest BCUT2D eigenvalue weighted by Gasteiger charge is 2.13. The summed E-state index contributed by atoms with van der Waals surface area (Å²) in [6, 6.07) is 65.7. The smallest absolute Gasteiger partial charge is 0.143 e. The lowest BCUT2D eigenvalue weighted by Gasteiger charge is -2.13. The Labute approximate surface area is 284 Å². The Morgan fingerprint density at radius 3 is 1.33 bits per heavy atom. The Balaban J connectivity index is 0.995.